The van der Waals surface area contributed by atoms with Gasteiger partial charge in [-0.15, -0.1) is 0 Å². The second-order valence-electron chi connectivity index (χ2n) is 5.18. The zero-order valence-electron chi connectivity index (χ0n) is 11.7. The summed E-state index contributed by atoms with van der Waals surface area (Å²) in [6.07, 6.45) is 0.590. The van der Waals surface area contributed by atoms with Crippen molar-refractivity contribution in [2.24, 2.45) is 0 Å². The first kappa shape index (κ1) is 16.3. The number of nitrogens with zero attached hydrogens (tertiary/aromatic N) is 1. The number of nitrogens with one attached hydrogen (secondary N) is 1. The molecular formula is C14H19ClN2O3S. The number of carbonyl (C=O) groups excluding carboxylic acids is 1. The average Bonchev–Trinajstić information content (AvgIpc) is 2.60. The summed E-state index contributed by atoms with van der Waals surface area (Å²) >= 11 is 5.80. The first-order valence-electron chi connectivity index (χ1n) is 6.88. The van der Waals surface area contributed by atoms with Crippen LogP contribution < -0.4 is 5.32 Å². The van der Waals surface area contributed by atoms with E-state index in [0.717, 1.165) is 5.56 Å². The average molecular weight is 331 g/mol. The monoisotopic (exact) mass is 330 g/mol. The van der Waals surface area contributed by atoms with E-state index in [2.05, 4.69) is 5.32 Å². The number of halogens is 1. The second kappa shape index (κ2) is 7.24. The molecule has 1 aromatic rings. The zero-order chi connectivity index (χ0) is 15.3. The van der Waals surface area contributed by atoms with Crippen molar-refractivity contribution in [3.63, 3.8) is 0 Å². The number of sulfone groups is 1. The van der Waals surface area contributed by atoms with E-state index >= 15 is 0 Å². The summed E-state index contributed by atoms with van der Waals surface area (Å²) in [5.41, 5.74) is 0.978. The van der Waals surface area contributed by atoms with E-state index < -0.39 is 9.84 Å². The Bertz CT molecular complexity index is 587. The molecule has 0 bridgehead atoms. The van der Waals surface area contributed by atoms with Crippen LogP contribution in [0.2, 0.25) is 5.02 Å². The molecule has 1 aliphatic rings. The summed E-state index contributed by atoms with van der Waals surface area (Å²) in [4.78, 5) is 13.8. The van der Waals surface area contributed by atoms with Gasteiger partial charge in [0.25, 0.3) is 0 Å². The molecule has 1 fully saturated rings. The Kier molecular flexibility index (Phi) is 5.61. The minimum Gasteiger partial charge on any atom is -0.351 e. The molecule has 1 heterocycles. The highest BCUT2D eigenvalue weighted by Crippen LogP contribution is 2.09. The molecule has 0 spiro atoms. The number of hydrogen-bond acceptors (Lipinski definition) is 4. The molecular weight excluding hydrogens is 312 g/mol. The molecule has 1 aliphatic heterocycles. The fourth-order valence-electron chi connectivity index (χ4n) is 2.21. The number of benzene rings is 1. The lowest BCUT2D eigenvalue weighted by Crippen LogP contribution is -2.38. The van der Waals surface area contributed by atoms with Gasteiger partial charge in [-0.2, -0.15) is 0 Å². The summed E-state index contributed by atoms with van der Waals surface area (Å²) in [6, 6.07) is 7.29. The van der Waals surface area contributed by atoms with Gasteiger partial charge < -0.3 is 5.32 Å². The molecule has 0 radical (unpaired) electrons. The van der Waals surface area contributed by atoms with E-state index in [9.17, 15) is 13.2 Å². The van der Waals surface area contributed by atoms with E-state index in [1.807, 2.05) is 17.0 Å². The Morgan fingerprint density at radius 1 is 1.19 bits per heavy atom. The van der Waals surface area contributed by atoms with Crippen LogP contribution in [0.3, 0.4) is 0 Å². The largest absolute Gasteiger partial charge is 0.351 e. The fraction of sp³-hybridized carbons (Fsp3) is 0.500. The Labute approximate surface area is 130 Å². The molecule has 0 atom stereocenters. The maximum absolute atomic E-state index is 11.9. The highest BCUT2D eigenvalue weighted by Gasteiger charge is 2.20. The van der Waals surface area contributed by atoms with E-state index in [-0.39, 0.29) is 24.0 Å². The predicted molar refractivity (Wildman–Crippen MR) is 83.0 cm³/mol. The topological polar surface area (TPSA) is 66.5 Å². The maximum Gasteiger partial charge on any atom is 0.234 e. The molecule has 0 unspecified atom stereocenters. The summed E-state index contributed by atoms with van der Waals surface area (Å²) in [5, 5.41) is 3.50. The van der Waals surface area contributed by atoms with Gasteiger partial charge >= 0.3 is 0 Å². The van der Waals surface area contributed by atoms with Crippen LogP contribution in [-0.2, 0) is 21.2 Å². The van der Waals surface area contributed by atoms with Crippen LogP contribution in [0.4, 0.5) is 0 Å². The summed E-state index contributed by atoms with van der Waals surface area (Å²) in [7, 11) is -2.93. The zero-order valence-corrected chi connectivity index (χ0v) is 13.3. The van der Waals surface area contributed by atoms with E-state index in [4.69, 9.17) is 11.6 Å². The molecule has 1 aromatic carbocycles. The lowest BCUT2D eigenvalue weighted by molar-refractivity contribution is -0.122. The smallest absolute Gasteiger partial charge is 0.234 e. The number of amides is 1. The molecule has 116 valence electrons. The van der Waals surface area contributed by atoms with Gasteiger partial charge in [0, 0.05) is 18.1 Å². The minimum absolute atomic E-state index is 0.0933. The summed E-state index contributed by atoms with van der Waals surface area (Å²) in [5.74, 6) is 0.261. The third-order valence-corrected chi connectivity index (χ3v) is 5.39. The molecule has 7 heteroatoms. The Morgan fingerprint density at radius 3 is 2.62 bits per heavy atom. The van der Waals surface area contributed by atoms with Crippen molar-refractivity contribution in [3.8, 4) is 0 Å². The van der Waals surface area contributed by atoms with Crippen molar-refractivity contribution >= 4 is 27.3 Å². The van der Waals surface area contributed by atoms with Gasteiger partial charge in [0.1, 0.15) is 0 Å². The van der Waals surface area contributed by atoms with Gasteiger partial charge in [-0.25, -0.2) is 8.42 Å². The number of rotatable bonds is 4. The van der Waals surface area contributed by atoms with Crippen molar-refractivity contribution in [1.29, 1.82) is 0 Å². The summed E-state index contributed by atoms with van der Waals surface area (Å²) in [6.45, 7) is 1.76. The fourth-order valence-corrected chi connectivity index (χ4v) is 3.65. The lowest BCUT2D eigenvalue weighted by atomic mass is 10.2. The number of carbonyl (C=O) groups is 1. The van der Waals surface area contributed by atoms with Crippen LogP contribution in [0, 0.1) is 0 Å². The SMILES string of the molecule is O=C(CN1CCCS(=O)(=O)CC1)NCc1ccc(Cl)cc1. The van der Waals surface area contributed by atoms with Crippen LogP contribution in [-0.4, -0.2) is 50.4 Å². The highest BCUT2D eigenvalue weighted by atomic mass is 35.5. The van der Waals surface area contributed by atoms with Gasteiger partial charge in [0.05, 0.1) is 18.1 Å². The Balaban J connectivity index is 1.78. The van der Waals surface area contributed by atoms with Crippen LogP contribution in [0.5, 0.6) is 0 Å². The summed E-state index contributed by atoms with van der Waals surface area (Å²) < 4.78 is 23.0. The van der Waals surface area contributed by atoms with Gasteiger partial charge in [0.2, 0.25) is 5.91 Å². The second-order valence-corrected chi connectivity index (χ2v) is 7.92. The van der Waals surface area contributed by atoms with Gasteiger partial charge in [-0.1, -0.05) is 23.7 Å². The third kappa shape index (κ3) is 5.65. The molecule has 1 N–H and O–H groups in total. The van der Waals surface area contributed by atoms with E-state index in [1.165, 1.54) is 0 Å². The van der Waals surface area contributed by atoms with Crippen LogP contribution in [0.15, 0.2) is 24.3 Å². The molecule has 1 amide bonds. The highest BCUT2D eigenvalue weighted by molar-refractivity contribution is 7.91. The normalized spacial score (nSPS) is 18.9. The Morgan fingerprint density at radius 2 is 1.90 bits per heavy atom. The van der Waals surface area contributed by atoms with Crippen LogP contribution >= 0.6 is 11.6 Å². The van der Waals surface area contributed by atoms with E-state index in [1.54, 1.807) is 12.1 Å². The molecule has 2 rings (SSSR count). The van der Waals surface area contributed by atoms with E-state index in [0.29, 0.717) is 31.1 Å². The van der Waals surface area contributed by atoms with Gasteiger partial charge in [-0.05, 0) is 30.7 Å². The van der Waals surface area contributed by atoms with Crippen LogP contribution in [0.1, 0.15) is 12.0 Å². The van der Waals surface area contributed by atoms with Crippen molar-refractivity contribution < 1.29 is 13.2 Å². The van der Waals surface area contributed by atoms with Crippen molar-refractivity contribution in [2.45, 2.75) is 13.0 Å². The third-order valence-electron chi connectivity index (χ3n) is 3.42. The molecule has 21 heavy (non-hydrogen) atoms. The standard InChI is InChI=1S/C14H19ClN2O3S/c15-13-4-2-12(3-5-13)10-16-14(18)11-17-6-1-8-21(19,20)9-7-17/h2-5H,1,6-11H2,(H,16,18). The van der Waals surface area contributed by atoms with Crippen LogP contribution in [0.25, 0.3) is 0 Å². The molecule has 0 aliphatic carbocycles. The maximum atomic E-state index is 11.9. The number of hydrogen-bond donors (Lipinski definition) is 1. The molecule has 1 saturated heterocycles. The predicted octanol–water partition coefficient (Wildman–Crippen LogP) is 1.08. The molecule has 0 saturated carbocycles. The molecule has 5 nitrogen and oxygen atoms in total. The minimum atomic E-state index is -2.93. The van der Waals surface area contributed by atoms with Crippen molar-refractivity contribution in [3.05, 3.63) is 34.9 Å². The van der Waals surface area contributed by atoms with Crippen molar-refractivity contribution in [2.75, 3.05) is 31.1 Å². The first-order chi connectivity index (χ1) is 9.94. The first-order valence-corrected chi connectivity index (χ1v) is 9.08. The Hall–Kier alpha value is -1.11. The van der Waals surface area contributed by atoms with Gasteiger partial charge in [0.15, 0.2) is 9.84 Å². The quantitative estimate of drug-likeness (QED) is 0.897. The van der Waals surface area contributed by atoms with Gasteiger partial charge in [-0.3, -0.25) is 9.69 Å². The molecule has 0 aromatic heterocycles. The van der Waals surface area contributed by atoms with Crippen molar-refractivity contribution in [1.82, 2.24) is 10.2 Å². The lowest BCUT2D eigenvalue weighted by Gasteiger charge is -2.18.